The number of morpholine rings is 1. The van der Waals surface area contributed by atoms with Crippen molar-refractivity contribution in [1.82, 2.24) is 5.32 Å². The summed E-state index contributed by atoms with van der Waals surface area (Å²) in [5.74, 6) is 0.884. The monoisotopic (exact) mass is 265 g/mol. The molecule has 0 aromatic rings. The molecule has 0 aromatic heterocycles. The second-order valence-corrected chi connectivity index (χ2v) is 6.97. The summed E-state index contributed by atoms with van der Waals surface area (Å²) in [6.45, 7) is 1.12. The highest BCUT2D eigenvalue weighted by Crippen LogP contribution is 2.37. The molecule has 3 rings (SSSR count). The standard InChI is InChI=1S/C17H31NO/c1-2-4-6-8-10-16-15(9-7-5-3-1)18-13-17(19-16)14-11-12-14/h14-18H,1-13H2. The van der Waals surface area contributed by atoms with Crippen molar-refractivity contribution in [3.8, 4) is 0 Å². The molecule has 0 bridgehead atoms. The predicted octanol–water partition coefficient (Wildman–Crippen LogP) is 4.04. The van der Waals surface area contributed by atoms with E-state index in [9.17, 15) is 0 Å². The summed E-state index contributed by atoms with van der Waals surface area (Å²) in [5, 5.41) is 3.82. The Labute approximate surface area is 118 Å². The summed E-state index contributed by atoms with van der Waals surface area (Å²) < 4.78 is 6.46. The first-order chi connectivity index (χ1) is 9.43. The number of ether oxygens (including phenoxy) is 1. The van der Waals surface area contributed by atoms with Crippen LogP contribution in [0.15, 0.2) is 0 Å². The summed E-state index contributed by atoms with van der Waals surface area (Å²) in [4.78, 5) is 0. The van der Waals surface area contributed by atoms with Gasteiger partial charge in [0.15, 0.2) is 0 Å². The van der Waals surface area contributed by atoms with Gasteiger partial charge in [-0.25, -0.2) is 0 Å². The zero-order chi connectivity index (χ0) is 12.9. The molecule has 110 valence electrons. The highest BCUT2D eigenvalue weighted by molar-refractivity contribution is 4.91. The lowest BCUT2D eigenvalue weighted by Crippen LogP contribution is -2.53. The van der Waals surface area contributed by atoms with Gasteiger partial charge in [-0.15, -0.1) is 0 Å². The van der Waals surface area contributed by atoms with Crippen molar-refractivity contribution in [1.29, 1.82) is 0 Å². The minimum Gasteiger partial charge on any atom is -0.372 e. The molecule has 1 heterocycles. The second kappa shape index (κ2) is 7.08. The Kier molecular flexibility index (Phi) is 5.17. The topological polar surface area (TPSA) is 21.3 Å². The number of hydrogen-bond acceptors (Lipinski definition) is 2. The first kappa shape index (κ1) is 13.9. The van der Waals surface area contributed by atoms with Gasteiger partial charge in [-0.05, 0) is 31.6 Å². The largest absolute Gasteiger partial charge is 0.372 e. The quantitative estimate of drug-likeness (QED) is 0.772. The zero-order valence-electron chi connectivity index (χ0n) is 12.4. The maximum atomic E-state index is 6.46. The fourth-order valence-corrected chi connectivity index (χ4v) is 3.84. The van der Waals surface area contributed by atoms with Gasteiger partial charge in [-0.1, -0.05) is 51.4 Å². The van der Waals surface area contributed by atoms with Crippen LogP contribution in [-0.2, 0) is 4.74 Å². The van der Waals surface area contributed by atoms with Gasteiger partial charge in [0.25, 0.3) is 0 Å². The molecule has 2 nitrogen and oxygen atoms in total. The van der Waals surface area contributed by atoms with Crippen molar-refractivity contribution in [2.45, 2.75) is 95.3 Å². The van der Waals surface area contributed by atoms with Crippen molar-refractivity contribution >= 4 is 0 Å². The van der Waals surface area contributed by atoms with Crippen molar-refractivity contribution < 1.29 is 4.74 Å². The van der Waals surface area contributed by atoms with Gasteiger partial charge in [0.05, 0.1) is 12.2 Å². The lowest BCUT2D eigenvalue weighted by Gasteiger charge is -2.38. The molecule has 1 aliphatic heterocycles. The maximum absolute atomic E-state index is 6.46. The molecule has 3 atom stereocenters. The average Bonchev–Trinajstić information content (AvgIpc) is 3.24. The molecule has 0 amide bonds. The van der Waals surface area contributed by atoms with Gasteiger partial charge < -0.3 is 10.1 Å². The molecule has 19 heavy (non-hydrogen) atoms. The van der Waals surface area contributed by atoms with Crippen molar-refractivity contribution in [3.05, 3.63) is 0 Å². The van der Waals surface area contributed by atoms with Crippen molar-refractivity contribution in [3.63, 3.8) is 0 Å². The van der Waals surface area contributed by atoms with Crippen LogP contribution in [0.2, 0.25) is 0 Å². The van der Waals surface area contributed by atoms with E-state index < -0.39 is 0 Å². The van der Waals surface area contributed by atoms with Crippen molar-refractivity contribution in [2.75, 3.05) is 6.54 Å². The highest BCUT2D eigenvalue weighted by Gasteiger charge is 2.38. The molecule has 3 aliphatic rings. The number of rotatable bonds is 1. The van der Waals surface area contributed by atoms with E-state index in [1.165, 1.54) is 77.0 Å². The van der Waals surface area contributed by atoms with E-state index in [1.54, 1.807) is 0 Å². The summed E-state index contributed by atoms with van der Waals surface area (Å²) >= 11 is 0. The van der Waals surface area contributed by atoms with Gasteiger partial charge >= 0.3 is 0 Å². The lowest BCUT2D eigenvalue weighted by molar-refractivity contribution is -0.0781. The summed E-state index contributed by atoms with van der Waals surface area (Å²) in [5.41, 5.74) is 0. The molecule has 2 aliphatic carbocycles. The number of nitrogens with one attached hydrogen (secondary N) is 1. The van der Waals surface area contributed by atoms with E-state index in [0.29, 0.717) is 18.2 Å². The Hall–Kier alpha value is -0.0800. The molecule has 0 radical (unpaired) electrons. The van der Waals surface area contributed by atoms with Crippen LogP contribution >= 0.6 is 0 Å². The zero-order valence-corrected chi connectivity index (χ0v) is 12.4. The molecule has 0 aromatic carbocycles. The molecule has 1 saturated heterocycles. The van der Waals surface area contributed by atoms with Gasteiger partial charge in [0.1, 0.15) is 0 Å². The van der Waals surface area contributed by atoms with E-state index in [4.69, 9.17) is 4.74 Å². The Bertz CT molecular complexity index is 264. The molecular formula is C17H31NO. The molecular weight excluding hydrogens is 234 g/mol. The van der Waals surface area contributed by atoms with E-state index in [-0.39, 0.29) is 0 Å². The van der Waals surface area contributed by atoms with Crippen LogP contribution in [0.5, 0.6) is 0 Å². The highest BCUT2D eigenvalue weighted by atomic mass is 16.5. The normalized spacial score (nSPS) is 38.8. The predicted molar refractivity (Wildman–Crippen MR) is 79.3 cm³/mol. The lowest BCUT2D eigenvalue weighted by atomic mass is 9.94. The summed E-state index contributed by atoms with van der Waals surface area (Å²) in [6.07, 6.45) is 17.9. The third kappa shape index (κ3) is 4.19. The Morgan fingerprint density at radius 3 is 1.95 bits per heavy atom. The second-order valence-electron chi connectivity index (χ2n) is 6.97. The van der Waals surface area contributed by atoms with Crippen LogP contribution in [0.3, 0.4) is 0 Å². The summed E-state index contributed by atoms with van der Waals surface area (Å²) in [6, 6.07) is 0.648. The smallest absolute Gasteiger partial charge is 0.0732 e. The van der Waals surface area contributed by atoms with E-state index in [1.807, 2.05) is 0 Å². The van der Waals surface area contributed by atoms with Gasteiger partial charge in [-0.2, -0.15) is 0 Å². The Morgan fingerprint density at radius 2 is 1.26 bits per heavy atom. The van der Waals surface area contributed by atoms with Crippen LogP contribution < -0.4 is 5.32 Å². The fourth-order valence-electron chi connectivity index (χ4n) is 3.84. The van der Waals surface area contributed by atoms with Crippen LogP contribution in [0.4, 0.5) is 0 Å². The maximum Gasteiger partial charge on any atom is 0.0732 e. The van der Waals surface area contributed by atoms with E-state index >= 15 is 0 Å². The number of fused-ring (bicyclic) bond motifs is 1. The fraction of sp³-hybridized carbons (Fsp3) is 1.00. The Balaban J connectivity index is 1.52. The van der Waals surface area contributed by atoms with Gasteiger partial charge in [0.2, 0.25) is 0 Å². The molecule has 2 heteroatoms. The minimum absolute atomic E-state index is 0.513. The van der Waals surface area contributed by atoms with Gasteiger partial charge in [-0.3, -0.25) is 0 Å². The van der Waals surface area contributed by atoms with Crippen LogP contribution in [0, 0.1) is 5.92 Å². The van der Waals surface area contributed by atoms with E-state index in [0.717, 1.165) is 12.5 Å². The molecule has 1 N–H and O–H groups in total. The van der Waals surface area contributed by atoms with Gasteiger partial charge in [0, 0.05) is 12.6 Å². The van der Waals surface area contributed by atoms with Crippen LogP contribution in [0.1, 0.15) is 77.0 Å². The van der Waals surface area contributed by atoms with Crippen LogP contribution in [0.25, 0.3) is 0 Å². The van der Waals surface area contributed by atoms with E-state index in [2.05, 4.69) is 5.32 Å². The Morgan fingerprint density at radius 1 is 0.632 bits per heavy atom. The summed E-state index contributed by atoms with van der Waals surface area (Å²) in [7, 11) is 0. The molecule has 2 saturated carbocycles. The third-order valence-corrected chi connectivity index (χ3v) is 5.28. The molecule has 3 unspecified atom stereocenters. The van der Waals surface area contributed by atoms with Crippen LogP contribution in [-0.4, -0.2) is 24.8 Å². The molecule has 0 spiro atoms. The molecule has 3 fully saturated rings. The van der Waals surface area contributed by atoms with Crippen molar-refractivity contribution in [2.24, 2.45) is 5.92 Å². The SMILES string of the molecule is C1CCCCCC2OC(C3CC3)CNC2CCCC1. The first-order valence-electron chi connectivity index (χ1n) is 8.82. The third-order valence-electron chi connectivity index (χ3n) is 5.28. The average molecular weight is 265 g/mol. The first-order valence-corrected chi connectivity index (χ1v) is 8.82. The minimum atomic E-state index is 0.513. The number of hydrogen-bond donors (Lipinski definition) is 1.